The maximum atomic E-state index is 6.00. The summed E-state index contributed by atoms with van der Waals surface area (Å²) in [6.07, 6.45) is 5.14. The molecular weight excluding hydrogens is 124 g/mol. The summed E-state index contributed by atoms with van der Waals surface area (Å²) in [4.78, 5) is 0. The van der Waals surface area contributed by atoms with Crippen molar-refractivity contribution in [3.05, 3.63) is 0 Å². The summed E-state index contributed by atoms with van der Waals surface area (Å²) >= 11 is 0. The standard InChI is InChI=1S/C8H16N2/c9-8(2-3-8)5-7-1-4-10-6-7/h7,10H,1-6,9H2. The molecular formula is C8H16N2. The van der Waals surface area contributed by atoms with Gasteiger partial charge in [0.2, 0.25) is 0 Å². The third-order valence-electron chi connectivity index (χ3n) is 2.75. The second-order valence-electron chi connectivity index (χ2n) is 3.93. The smallest absolute Gasteiger partial charge is 0.0158 e. The van der Waals surface area contributed by atoms with Crippen molar-refractivity contribution in [3.8, 4) is 0 Å². The maximum absolute atomic E-state index is 6.00. The van der Waals surface area contributed by atoms with Crippen molar-refractivity contribution in [1.29, 1.82) is 0 Å². The zero-order chi connectivity index (χ0) is 7.03. The van der Waals surface area contributed by atoms with Crippen LogP contribution in [0.15, 0.2) is 0 Å². The van der Waals surface area contributed by atoms with E-state index >= 15 is 0 Å². The molecule has 0 aromatic carbocycles. The summed E-state index contributed by atoms with van der Waals surface area (Å²) in [5, 5.41) is 3.37. The lowest BCUT2D eigenvalue weighted by Gasteiger charge is -2.13. The largest absolute Gasteiger partial charge is 0.325 e. The first-order chi connectivity index (χ1) is 4.79. The molecule has 0 bridgehead atoms. The van der Waals surface area contributed by atoms with E-state index in [0.717, 1.165) is 5.92 Å². The van der Waals surface area contributed by atoms with Crippen LogP contribution >= 0.6 is 0 Å². The molecule has 1 aliphatic carbocycles. The van der Waals surface area contributed by atoms with Crippen LogP contribution in [0.3, 0.4) is 0 Å². The fourth-order valence-electron chi connectivity index (χ4n) is 1.83. The van der Waals surface area contributed by atoms with Crippen LogP contribution in [0.5, 0.6) is 0 Å². The molecule has 0 aromatic heterocycles. The van der Waals surface area contributed by atoms with Gasteiger partial charge in [0.1, 0.15) is 0 Å². The van der Waals surface area contributed by atoms with E-state index in [2.05, 4.69) is 5.32 Å². The molecule has 1 saturated carbocycles. The zero-order valence-electron chi connectivity index (χ0n) is 6.40. The molecule has 58 valence electrons. The Kier molecular flexibility index (Phi) is 1.46. The Morgan fingerprint density at radius 1 is 1.50 bits per heavy atom. The van der Waals surface area contributed by atoms with Gasteiger partial charge in [0, 0.05) is 5.54 Å². The van der Waals surface area contributed by atoms with Gasteiger partial charge < -0.3 is 11.1 Å². The molecule has 0 amide bonds. The molecule has 1 atom stereocenters. The predicted octanol–water partition coefficient (Wildman–Crippen LogP) is 0.477. The summed E-state index contributed by atoms with van der Waals surface area (Å²) in [7, 11) is 0. The lowest BCUT2D eigenvalue weighted by Crippen LogP contribution is -2.26. The molecule has 1 saturated heterocycles. The number of nitrogens with two attached hydrogens (primary N) is 1. The van der Waals surface area contributed by atoms with Crippen molar-refractivity contribution in [2.24, 2.45) is 11.7 Å². The quantitative estimate of drug-likeness (QED) is 0.585. The van der Waals surface area contributed by atoms with Gasteiger partial charge >= 0.3 is 0 Å². The minimum absolute atomic E-state index is 0.274. The van der Waals surface area contributed by atoms with Gasteiger partial charge in [-0.15, -0.1) is 0 Å². The highest BCUT2D eigenvalue weighted by atomic mass is 14.9. The lowest BCUT2D eigenvalue weighted by molar-refractivity contribution is 0.452. The Morgan fingerprint density at radius 2 is 2.30 bits per heavy atom. The molecule has 1 unspecified atom stereocenters. The highest BCUT2D eigenvalue weighted by Gasteiger charge is 2.40. The van der Waals surface area contributed by atoms with E-state index in [9.17, 15) is 0 Å². The average molecular weight is 140 g/mol. The topological polar surface area (TPSA) is 38.0 Å². The highest BCUT2D eigenvalue weighted by molar-refractivity contribution is 5.00. The van der Waals surface area contributed by atoms with Crippen LogP contribution < -0.4 is 11.1 Å². The molecule has 1 aliphatic heterocycles. The van der Waals surface area contributed by atoms with E-state index in [0.29, 0.717) is 0 Å². The number of hydrogen-bond donors (Lipinski definition) is 2. The van der Waals surface area contributed by atoms with Crippen LogP contribution in [0.1, 0.15) is 25.7 Å². The molecule has 2 nitrogen and oxygen atoms in total. The van der Waals surface area contributed by atoms with E-state index < -0.39 is 0 Å². The first-order valence-corrected chi connectivity index (χ1v) is 4.28. The molecule has 0 radical (unpaired) electrons. The molecule has 2 rings (SSSR count). The fraction of sp³-hybridized carbons (Fsp3) is 1.00. The number of rotatable bonds is 2. The predicted molar refractivity (Wildman–Crippen MR) is 41.7 cm³/mol. The van der Waals surface area contributed by atoms with Crippen molar-refractivity contribution in [3.63, 3.8) is 0 Å². The molecule has 2 aliphatic rings. The molecule has 3 N–H and O–H groups in total. The molecule has 0 spiro atoms. The van der Waals surface area contributed by atoms with Crippen LogP contribution in [0.25, 0.3) is 0 Å². The van der Waals surface area contributed by atoms with Crippen LogP contribution in [0.4, 0.5) is 0 Å². The Hall–Kier alpha value is -0.0800. The second-order valence-corrected chi connectivity index (χ2v) is 3.93. The first-order valence-electron chi connectivity index (χ1n) is 4.28. The van der Waals surface area contributed by atoms with E-state index in [1.165, 1.54) is 38.8 Å². The van der Waals surface area contributed by atoms with Crippen molar-refractivity contribution in [2.45, 2.75) is 31.2 Å². The molecule has 1 heterocycles. The van der Waals surface area contributed by atoms with Gasteiger partial charge in [-0.2, -0.15) is 0 Å². The highest BCUT2D eigenvalue weighted by Crippen LogP contribution is 2.39. The van der Waals surface area contributed by atoms with Gasteiger partial charge in [-0.05, 0) is 44.7 Å². The minimum atomic E-state index is 0.274. The van der Waals surface area contributed by atoms with Crippen molar-refractivity contribution in [1.82, 2.24) is 5.32 Å². The van der Waals surface area contributed by atoms with E-state index in [4.69, 9.17) is 5.73 Å². The Morgan fingerprint density at radius 3 is 2.80 bits per heavy atom. The summed E-state index contributed by atoms with van der Waals surface area (Å²) < 4.78 is 0. The van der Waals surface area contributed by atoms with Gasteiger partial charge in [-0.1, -0.05) is 0 Å². The monoisotopic (exact) mass is 140 g/mol. The number of hydrogen-bond acceptors (Lipinski definition) is 2. The van der Waals surface area contributed by atoms with Crippen LogP contribution in [-0.4, -0.2) is 18.6 Å². The van der Waals surface area contributed by atoms with Crippen molar-refractivity contribution in [2.75, 3.05) is 13.1 Å². The van der Waals surface area contributed by atoms with Crippen molar-refractivity contribution >= 4 is 0 Å². The minimum Gasteiger partial charge on any atom is -0.325 e. The second kappa shape index (κ2) is 2.21. The number of nitrogens with one attached hydrogen (secondary N) is 1. The molecule has 0 aromatic rings. The van der Waals surface area contributed by atoms with E-state index in [1.807, 2.05) is 0 Å². The van der Waals surface area contributed by atoms with Gasteiger partial charge in [0.05, 0.1) is 0 Å². The van der Waals surface area contributed by atoms with Crippen LogP contribution in [0.2, 0.25) is 0 Å². The first kappa shape index (κ1) is 6.62. The Balaban J connectivity index is 1.78. The molecule has 2 heteroatoms. The van der Waals surface area contributed by atoms with Gasteiger partial charge in [0.15, 0.2) is 0 Å². The third-order valence-corrected chi connectivity index (χ3v) is 2.75. The average Bonchev–Trinajstić information content (AvgIpc) is 2.47. The van der Waals surface area contributed by atoms with Gasteiger partial charge in [0.25, 0.3) is 0 Å². The third kappa shape index (κ3) is 1.32. The van der Waals surface area contributed by atoms with Gasteiger partial charge in [-0.3, -0.25) is 0 Å². The normalized spacial score (nSPS) is 36.3. The van der Waals surface area contributed by atoms with Crippen LogP contribution in [-0.2, 0) is 0 Å². The zero-order valence-corrected chi connectivity index (χ0v) is 6.40. The van der Waals surface area contributed by atoms with E-state index in [-0.39, 0.29) is 5.54 Å². The maximum Gasteiger partial charge on any atom is 0.0158 e. The summed E-state index contributed by atoms with van der Waals surface area (Å²) in [6, 6.07) is 0. The SMILES string of the molecule is NC1(CC2CCNC2)CC1. The summed E-state index contributed by atoms with van der Waals surface area (Å²) in [5.41, 5.74) is 6.27. The molecule has 10 heavy (non-hydrogen) atoms. The van der Waals surface area contributed by atoms with Crippen molar-refractivity contribution < 1.29 is 0 Å². The lowest BCUT2D eigenvalue weighted by atomic mass is 9.98. The van der Waals surface area contributed by atoms with E-state index in [1.54, 1.807) is 0 Å². The molecule has 2 fully saturated rings. The summed E-state index contributed by atoms with van der Waals surface area (Å²) in [6.45, 7) is 2.42. The Bertz CT molecular complexity index is 123. The Labute approximate surface area is 62.2 Å². The van der Waals surface area contributed by atoms with Gasteiger partial charge in [-0.25, -0.2) is 0 Å². The van der Waals surface area contributed by atoms with Crippen LogP contribution in [0, 0.1) is 5.92 Å². The summed E-state index contributed by atoms with van der Waals surface area (Å²) in [5.74, 6) is 0.882. The fourth-order valence-corrected chi connectivity index (χ4v) is 1.83.